The van der Waals surface area contributed by atoms with Crippen LogP contribution in [0.5, 0.6) is 0 Å². The number of hydrogen-bond donors (Lipinski definition) is 1. The van der Waals surface area contributed by atoms with Gasteiger partial charge in [0.1, 0.15) is 0 Å². The Hall–Kier alpha value is -0.900. The number of likely N-dealkylation sites (tertiary alicyclic amines) is 1. The van der Waals surface area contributed by atoms with Gasteiger partial charge in [-0.2, -0.15) is 0 Å². The van der Waals surface area contributed by atoms with Crippen molar-refractivity contribution in [3.05, 3.63) is 35.9 Å². The van der Waals surface area contributed by atoms with Crippen molar-refractivity contribution in [3.63, 3.8) is 0 Å². The molecule has 1 heterocycles. The average Bonchev–Trinajstić information content (AvgIpc) is 2.47. The first-order chi connectivity index (χ1) is 9.33. The molecule has 3 nitrogen and oxygen atoms in total. The number of nitrogens with two attached hydrogens (primary N) is 1. The monoisotopic (exact) mass is 262 g/mol. The highest BCUT2D eigenvalue weighted by Gasteiger charge is 2.24. The normalized spacial score (nSPS) is 19.5. The van der Waals surface area contributed by atoms with Crippen molar-refractivity contribution in [2.24, 2.45) is 11.7 Å². The van der Waals surface area contributed by atoms with E-state index in [4.69, 9.17) is 10.5 Å². The number of hydrogen-bond acceptors (Lipinski definition) is 3. The lowest BCUT2D eigenvalue weighted by Gasteiger charge is -2.37. The summed E-state index contributed by atoms with van der Waals surface area (Å²) in [6.07, 6.45) is 3.53. The number of ether oxygens (including phenoxy) is 1. The van der Waals surface area contributed by atoms with E-state index in [9.17, 15) is 0 Å². The van der Waals surface area contributed by atoms with E-state index < -0.39 is 0 Å². The molecular formula is C16H26N2O. The minimum absolute atomic E-state index is 0.478. The van der Waals surface area contributed by atoms with Gasteiger partial charge in [-0.05, 0) is 43.8 Å². The molecule has 106 valence electrons. The number of piperidine rings is 1. The molecule has 1 saturated heterocycles. The van der Waals surface area contributed by atoms with Crippen LogP contribution in [-0.2, 0) is 11.2 Å². The van der Waals surface area contributed by atoms with Crippen LogP contribution in [0.25, 0.3) is 0 Å². The standard InChI is InChI=1S/C16H26N2O/c1-19-13-15-7-9-18(10-8-15)16(12-17)11-14-5-3-2-4-6-14/h2-6,15-16H,7-13,17H2,1H3. The quantitative estimate of drug-likeness (QED) is 0.851. The molecule has 1 unspecified atom stereocenters. The topological polar surface area (TPSA) is 38.5 Å². The molecule has 1 aliphatic rings. The molecular weight excluding hydrogens is 236 g/mol. The summed E-state index contributed by atoms with van der Waals surface area (Å²) in [4.78, 5) is 2.55. The summed E-state index contributed by atoms with van der Waals surface area (Å²) in [5.41, 5.74) is 7.36. The average molecular weight is 262 g/mol. The summed E-state index contributed by atoms with van der Waals surface area (Å²) in [7, 11) is 1.80. The van der Waals surface area contributed by atoms with E-state index in [2.05, 4.69) is 35.2 Å². The van der Waals surface area contributed by atoms with Gasteiger partial charge in [-0.15, -0.1) is 0 Å². The molecule has 2 N–H and O–H groups in total. The lowest BCUT2D eigenvalue weighted by molar-refractivity contribution is 0.0811. The predicted octanol–water partition coefficient (Wildman–Crippen LogP) is 1.91. The van der Waals surface area contributed by atoms with Crippen molar-refractivity contribution in [2.75, 3.05) is 33.4 Å². The molecule has 0 spiro atoms. The van der Waals surface area contributed by atoms with Crippen LogP contribution in [0, 0.1) is 5.92 Å². The van der Waals surface area contributed by atoms with E-state index in [0.29, 0.717) is 6.04 Å². The Kier molecular flexibility index (Phi) is 5.83. The number of methoxy groups -OCH3 is 1. The second-order valence-electron chi connectivity index (χ2n) is 5.51. The van der Waals surface area contributed by atoms with Crippen LogP contribution in [0.4, 0.5) is 0 Å². The number of rotatable bonds is 6. The SMILES string of the molecule is COCC1CCN(C(CN)Cc2ccccc2)CC1. The van der Waals surface area contributed by atoms with Crippen LogP contribution >= 0.6 is 0 Å². The summed E-state index contributed by atoms with van der Waals surface area (Å²) < 4.78 is 5.26. The molecule has 1 atom stereocenters. The van der Waals surface area contributed by atoms with E-state index in [1.807, 2.05) is 0 Å². The minimum Gasteiger partial charge on any atom is -0.384 e. The Morgan fingerprint density at radius 3 is 2.53 bits per heavy atom. The molecule has 0 aromatic heterocycles. The zero-order valence-corrected chi connectivity index (χ0v) is 11.9. The minimum atomic E-state index is 0.478. The van der Waals surface area contributed by atoms with E-state index >= 15 is 0 Å². The Labute approximate surface area is 116 Å². The van der Waals surface area contributed by atoms with Gasteiger partial charge in [0, 0.05) is 26.3 Å². The number of benzene rings is 1. The van der Waals surface area contributed by atoms with Crippen molar-refractivity contribution in [3.8, 4) is 0 Å². The fourth-order valence-corrected chi connectivity index (χ4v) is 2.97. The van der Waals surface area contributed by atoms with E-state index in [1.54, 1.807) is 7.11 Å². The summed E-state index contributed by atoms with van der Waals surface area (Å²) >= 11 is 0. The molecule has 2 rings (SSSR count). The summed E-state index contributed by atoms with van der Waals surface area (Å²) in [5.74, 6) is 0.733. The first-order valence-corrected chi connectivity index (χ1v) is 7.30. The van der Waals surface area contributed by atoms with Gasteiger partial charge in [-0.3, -0.25) is 4.90 Å². The Morgan fingerprint density at radius 2 is 1.95 bits per heavy atom. The highest BCUT2D eigenvalue weighted by atomic mass is 16.5. The van der Waals surface area contributed by atoms with Crippen molar-refractivity contribution in [1.82, 2.24) is 4.90 Å². The molecule has 0 aliphatic carbocycles. The van der Waals surface area contributed by atoms with E-state index in [-0.39, 0.29) is 0 Å². The molecule has 1 fully saturated rings. The van der Waals surface area contributed by atoms with Gasteiger partial charge >= 0.3 is 0 Å². The smallest absolute Gasteiger partial charge is 0.0491 e. The predicted molar refractivity (Wildman–Crippen MR) is 79.2 cm³/mol. The first kappa shape index (κ1) is 14.5. The van der Waals surface area contributed by atoms with Crippen LogP contribution in [0.15, 0.2) is 30.3 Å². The van der Waals surface area contributed by atoms with Gasteiger partial charge in [0.25, 0.3) is 0 Å². The Balaban J connectivity index is 1.85. The van der Waals surface area contributed by atoms with Crippen LogP contribution in [0.2, 0.25) is 0 Å². The van der Waals surface area contributed by atoms with Gasteiger partial charge < -0.3 is 10.5 Å². The first-order valence-electron chi connectivity index (χ1n) is 7.30. The molecule has 0 bridgehead atoms. The Bertz CT molecular complexity index is 347. The van der Waals surface area contributed by atoms with Crippen LogP contribution in [-0.4, -0.2) is 44.3 Å². The van der Waals surface area contributed by atoms with Gasteiger partial charge in [0.05, 0.1) is 0 Å². The van der Waals surface area contributed by atoms with Crippen molar-refractivity contribution in [1.29, 1.82) is 0 Å². The highest BCUT2D eigenvalue weighted by Crippen LogP contribution is 2.20. The van der Waals surface area contributed by atoms with E-state index in [1.165, 1.54) is 18.4 Å². The van der Waals surface area contributed by atoms with Gasteiger partial charge in [-0.25, -0.2) is 0 Å². The molecule has 1 aromatic rings. The van der Waals surface area contributed by atoms with Crippen molar-refractivity contribution in [2.45, 2.75) is 25.3 Å². The number of nitrogens with zero attached hydrogens (tertiary/aromatic N) is 1. The molecule has 0 saturated carbocycles. The third-order valence-corrected chi connectivity index (χ3v) is 4.15. The molecule has 3 heteroatoms. The molecule has 1 aromatic carbocycles. The van der Waals surface area contributed by atoms with Crippen LogP contribution in [0.3, 0.4) is 0 Å². The third kappa shape index (κ3) is 4.30. The molecule has 0 amide bonds. The second-order valence-corrected chi connectivity index (χ2v) is 5.51. The Morgan fingerprint density at radius 1 is 1.26 bits per heavy atom. The lowest BCUT2D eigenvalue weighted by Crippen LogP contribution is -2.46. The lowest BCUT2D eigenvalue weighted by atomic mass is 9.95. The highest BCUT2D eigenvalue weighted by molar-refractivity contribution is 5.16. The molecule has 0 radical (unpaired) electrons. The van der Waals surface area contributed by atoms with Crippen LogP contribution in [0.1, 0.15) is 18.4 Å². The fraction of sp³-hybridized carbons (Fsp3) is 0.625. The van der Waals surface area contributed by atoms with Gasteiger partial charge in [0.15, 0.2) is 0 Å². The maximum Gasteiger partial charge on any atom is 0.0491 e. The second kappa shape index (κ2) is 7.63. The fourth-order valence-electron chi connectivity index (χ4n) is 2.97. The third-order valence-electron chi connectivity index (χ3n) is 4.15. The molecule has 1 aliphatic heterocycles. The molecule has 19 heavy (non-hydrogen) atoms. The zero-order valence-electron chi connectivity index (χ0n) is 11.9. The maximum absolute atomic E-state index is 5.98. The van der Waals surface area contributed by atoms with Gasteiger partial charge in [0.2, 0.25) is 0 Å². The zero-order chi connectivity index (χ0) is 13.5. The summed E-state index contributed by atoms with van der Waals surface area (Å²) in [6, 6.07) is 11.1. The van der Waals surface area contributed by atoms with Gasteiger partial charge in [-0.1, -0.05) is 30.3 Å². The van der Waals surface area contributed by atoms with Crippen molar-refractivity contribution >= 4 is 0 Å². The van der Waals surface area contributed by atoms with E-state index in [0.717, 1.165) is 38.6 Å². The summed E-state index contributed by atoms with van der Waals surface area (Å²) in [6.45, 7) is 3.95. The maximum atomic E-state index is 5.98. The van der Waals surface area contributed by atoms with Crippen LogP contribution < -0.4 is 5.73 Å². The summed E-state index contributed by atoms with van der Waals surface area (Å²) in [5, 5.41) is 0. The largest absolute Gasteiger partial charge is 0.384 e. The van der Waals surface area contributed by atoms with Crippen molar-refractivity contribution < 1.29 is 4.74 Å².